The first-order valence-electron chi connectivity index (χ1n) is 7.43. The maximum Gasteiger partial charge on any atom is 0.0726 e. The lowest BCUT2D eigenvalue weighted by Gasteiger charge is -2.38. The average molecular weight is 277 g/mol. The SMILES string of the molecule is CC1CN(c2ccncc2CNC(C)(C)C)CC(C)O1. The van der Waals surface area contributed by atoms with Gasteiger partial charge >= 0.3 is 0 Å². The molecule has 1 aromatic heterocycles. The molecular formula is C16H27N3O. The maximum atomic E-state index is 5.82. The summed E-state index contributed by atoms with van der Waals surface area (Å²) in [5.74, 6) is 0. The summed E-state index contributed by atoms with van der Waals surface area (Å²) in [6.07, 6.45) is 4.39. The van der Waals surface area contributed by atoms with Crippen molar-refractivity contribution in [3.63, 3.8) is 0 Å². The summed E-state index contributed by atoms with van der Waals surface area (Å²) in [5.41, 5.74) is 2.64. The van der Waals surface area contributed by atoms with E-state index in [1.807, 2.05) is 12.4 Å². The summed E-state index contributed by atoms with van der Waals surface area (Å²) in [6, 6.07) is 2.12. The van der Waals surface area contributed by atoms with E-state index in [0.29, 0.717) is 0 Å². The summed E-state index contributed by atoms with van der Waals surface area (Å²) in [5, 5.41) is 3.54. The van der Waals surface area contributed by atoms with Crippen LogP contribution in [-0.2, 0) is 11.3 Å². The van der Waals surface area contributed by atoms with Crippen LogP contribution in [0.5, 0.6) is 0 Å². The maximum absolute atomic E-state index is 5.82. The molecule has 1 N–H and O–H groups in total. The van der Waals surface area contributed by atoms with Gasteiger partial charge in [0, 0.05) is 48.8 Å². The Bertz CT molecular complexity index is 432. The molecule has 0 radical (unpaired) electrons. The first-order chi connectivity index (χ1) is 9.35. The van der Waals surface area contributed by atoms with E-state index >= 15 is 0 Å². The molecule has 4 nitrogen and oxygen atoms in total. The van der Waals surface area contributed by atoms with Gasteiger partial charge in [0.05, 0.1) is 12.2 Å². The summed E-state index contributed by atoms with van der Waals surface area (Å²) in [7, 11) is 0. The first kappa shape index (κ1) is 15.3. The van der Waals surface area contributed by atoms with E-state index in [9.17, 15) is 0 Å². The van der Waals surface area contributed by atoms with Gasteiger partial charge in [-0.05, 0) is 40.7 Å². The number of anilines is 1. The minimum Gasteiger partial charge on any atom is -0.372 e. The van der Waals surface area contributed by atoms with Crippen LogP contribution in [0.25, 0.3) is 0 Å². The number of ether oxygens (including phenoxy) is 1. The number of nitrogens with zero attached hydrogens (tertiary/aromatic N) is 2. The van der Waals surface area contributed by atoms with Gasteiger partial charge in [-0.25, -0.2) is 0 Å². The number of hydrogen-bond acceptors (Lipinski definition) is 4. The zero-order valence-corrected chi connectivity index (χ0v) is 13.3. The summed E-state index contributed by atoms with van der Waals surface area (Å²) >= 11 is 0. The van der Waals surface area contributed by atoms with E-state index in [-0.39, 0.29) is 17.7 Å². The molecule has 0 aromatic carbocycles. The topological polar surface area (TPSA) is 37.4 Å². The second kappa shape index (κ2) is 6.10. The lowest BCUT2D eigenvalue weighted by molar-refractivity contribution is -0.00527. The van der Waals surface area contributed by atoms with E-state index in [4.69, 9.17) is 4.74 Å². The molecule has 2 atom stereocenters. The molecule has 1 aliphatic heterocycles. The van der Waals surface area contributed by atoms with Crippen molar-refractivity contribution in [2.75, 3.05) is 18.0 Å². The molecule has 1 aliphatic rings. The van der Waals surface area contributed by atoms with Crippen LogP contribution in [0, 0.1) is 0 Å². The highest BCUT2D eigenvalue weighted by atomic mass is 16.5. The molecule has 0 aliphatic carbocycles. The minimum absolute atomic E-state index is 0.110. The van der Waals surface area contributed by atoms with Crippen LogP contribution in [0.3, 0.4) is 0 Å². The second-order valence-electron chi connectivity index (χ2n) is 6.77. The highest BCUT2D eigenvalue weighted by Crippen LogP contribution is 2.24. The van der Waals surface area contributed by atoms with E-state index in [1.165, 1.54) is 11.3 Å². The number of hydrogen-bond donors (Lipinski definition) is 1. The third-order valence-electron chi connectivity index (χ3n) is 3.45. The molecule has 112 valence electrons. The van der Waals surface area contributed by atoms with Crippen molar-refractivity contribution in [1.82, 2.24) is 10.3 Å². The normalized spacial score (nSPS) is 23.9. The Kier molecular flexibility index (Phi) is 4.66. The number of aromatic nitrogens is 1. The van der Waals surface area contributed by atoms with E-state index in [2.05, 4.69) is 55.9 Å². The van der Waals surface area contributed by atoms with Gasteiger partial charge in [0.2, 0.25) is 0 Å². The Morgan fingerprint density at radius 1 is 1.30 bits per heavy atom. The number of pyridine rings is 1. The average Bonchev–Trinajstić information content (AvgIpc) is 2.34. The molecule has 2 rings (SSSR count). The summed E-state index contributed by atoms with van der Waals surface area (Å²) in [6.45, 7) is 13.5. The van der Waals surface area contributed by atoms with E-state index < -0.39 is 0 Å². The molecule has 0 amide bonds. The molecule has 2 heterocycles. The summed E-state index contributed by atoms with van der Waals surface area (Å²) < 4.78 is 5.82. The molecule has 1 aromatic rings. The van der Waals surface area contributed by atoms with Crippen molar-refractivity contribution in [2.45, 2.75) is 58.9 Å². The molecule has 1 fully saturated rings. The fraction of sp³-hybridized carbons (Fsp3) is 0.688. The predicted molar refractivity (Wildman–Crippen MR) is 83.1 cm³/mol. The van der Waals surface area contributed by atoms with Crippen LogP contribution in [0.1, 0.15) is 40.2 Å². The van der Waals surface area contributed by atoms with Crippen molar-refractivity contribution in [3.8, 4) is 0 Å². The van der Waals surface area contributed by atoms with E-state index in [0.717, 1.165) is 19.6 Å². The summed E-state index contributed by atoms with van der Waals surface area (Å²) in [4.78, 5) is 6.70. The van der Waals surface area contributed by atoms with Gasteiger partial charge in [0.25, 0.3) is 0 Å². The second-order valence-corrected chi connectivity index (χ2v) is 6.77. The first-order valence-corrected chi connectivity index (χ1v) is 7.43. The fourth-order valence-corrected chi connectivity index (χ4v) is 2.60. The van der Waals surface area contributed by atoms with Crippen molar-refractivity contribution in [2.24, 2.45) is 0 Å². The zero-order chi connectivity index (χ0) is 14.8. The van der Waals surface area contributed by atoms with Gasteiger partial charge in [-0.1, -0.05) is 0 Å². The van der Waals surface area contributed by atoms with Crippen molar-refractivity contribution in [1.29, 1.82) is 0 Å². The molecule has 0 saturated carbocycles. The molecule has 20 heavy (non-hydrogen) atoms. The van der Waals surface area contributed by atoms with E-state index in [1.54, 1.807) is 0 Å². The van der Waals surface area contributed by atoms with Gasteiger partial charge in [-0.3, -0.25) is 4.98 Å². The smallest absolute Gasteiger partial charge is 0.0726 e. The Morgan fingerprint density at radius 3 is 2.55 bits per heavy atom. The molecular weight excluding hydrogens is 250 g/mol. The van der Waals surface area contributed by atoms with Crippen LogP contribution in [0.2, 0.25) is 0 Å². The van der Waals surface area contributed by atoms with Crippen LogP contribution in [0.15, 0.2) is 18.5 Å². The van der Waals surface area contributed by atoms with Crippen molar-refractivity contribution < 1.29 is 4.74 Å². The Labute approximate surface area is 122 Å². The minimum atomic E-state index is 0.110. The Balaban J connectivity index is 2.14. The Morgan fingerprint density at radius 2 is 1.95 bits per heavy atom. The van der Waals surface area contributed by atoms with Crippen LogP contribution >= 0.6 is 0 Å². The van der Waals surface area contributed by atoms with Crippen molar-refractivity contribution >= 4 is 5.69 Å². The highest BCUT2D eigenvalue weighted by Gasteiger charge is 2.24. The lowest BCUT2D eigenvalue weighted by Crippen LogP contribution is -2.46. The largest absolute Gasteiger partial charge is 0.372 e. The molecule has 0 bridgehead atoms. The number of nitrogens with one attached hydrogen (secondary N) is 1. The van der Waals surface area contributed by atoms with Crippen molar-refractivity contribution in [3.05, 3.63) is 24.0 Å². The van der Waals surface area contributed by atoms with Gasteiger partial charge in [0.1, 0.15) is 0 Å². The third kappa shape index (κ3) is 4.18. The van der Waals surface area contributed by atoms with Crippen LogP contribution in [-0.4, -0.2) is 35.8 Å². The molecule has 1 saturated heterocycles. The number of morpholine rings is 1. The molecule has 2 unspecified atom stereocenters. The third-order valence-corrected chi connectivity index (χ3v) is 3.45. The van der Waals surface area contributed by atoms with Gasteiger partial charge in [-0.2, -0.15) is 0 Å². The van der Waals surface area contributed by atoms with Gasteiger partial charge in [0.15, 0.2) is 0 Å². The number of rotatable bonds is 3. The van der Waals surface area contributed by atoms with Gasteiger partial charge < -0.3 is 15.0 Å². The highest BCUT2D eigenvalue weighted by molar-refractivity contribution is 5.52. The fourth-order valence-electron chi connectivity index (χ4n) is 2.60. The van der Waals surface area contributed by atoms with Crippen LogP contribution < -0.4 is 10.2 Å². The molecule has 0 spiro atoms. The molecule has 4 heteroatoms. The van der Waals surface area contributed by atoms with Crippen LogP contribution in [0.4, 0.5) is 5.69 Å². The Hall–Kier alpha value is -1.13. The zero-order valence-electron chi connectivity index (χ0n) is 13.3. The lowest BCUT2D eigenvalue weighted by atomic mass is 10.1. The quantitative estimate of drug-likeness (QED) is 0.921. The predicted octanol–water partition coefficient (Wildman–Crippen LogP) is 2.58. The van der Waals surface area contributed by atoms with Gasteiger partial charge in [-0.15, -0.1) is 0 Å². The monoisotopic (exact) mass is 277 g/mol. The standard InChI is InChI=1S/C16H27N3O/c1-12-10-19(11-13(2)20-12)15-6-7-17-8-14(15)9-18-16(3,4)5/h6-8,12-13,18H,9-11H2,1-5H3.